The summed E-state index contributed by atoms with van der Waals surface area (Å²) in [5.41, 5.74) is 4.46. The maximum Gasteiger partial charge on any atom is 0.289 e. The first-order chi connectivity index (χ1) is 8.13. The van der Waals surface area contributed by atoms with E-state index in [1.54, 1.807) is 13.8 Å². The standard InChI is InChI=1S/C10H15N3O4S.ClH/c1-10(2,11)7-12-18(16,17)9-6-4-3-5-8(9)13(14)15;/h3-6,12H,7,11H2,1-2H3;1H. The molecule has 1 rings (SSSR count). The molecule has 0 amide bonds. The highest BCUT2D eigenvalue weighted by Gasteiger charge is 2.26. The molecule has 0 aliphatic carbocycles. The summed E-state index contributed by atoms with van der Waals surface area (Å²) < 4.78 is 26.1. The number of hydrogen-bond acceptors (Lipinski definition) is 5. The molecular formula is C10H16ClN3O4S. The maximum atomic E-state index is 11.9. The molecule has 0 bridgehead atoms. The van der Waals surface area contributed by atoms with E-state index in [2.05, 4.69) is 4.72 Å². The van der Waals surface area contributed by atoms with E-state index in [1.807, 2.05) is 0 Å². The second kappa shape index (κ2) is 6.29. The molecule has 0 heterocycles. The second-order valence-corrected chi connectivity index (χ2v) is 6.27. The third-order valence-corrected chi connectivity index (χ3v) is 3.52. The van der Waals surface area contributed by atoms with Crippen LogP contribution in [0.5, 0.6) is 0 Å². The third kappa shape index (κ3) is 5.11. The maximum absolute atomic E-state index is 11.9. The van der Waals surface area contributed by atoms with Gasteiger partial charge in [-0.05, 0) is 19.9 Å². The quantitative estimate of drug-likeness (QED) is 0.622. The number of nitrogens with zero attached hydrogens (tertiary/aromatic N) is 1. The van der Waals surface area contributed by atoms with Crippen LogP contribution in [0.15, 0.2) is 29.2 Å². The zero-order chi connectivity index (χ0) is 14.0. The fourth-order valence-electron chi connectivity index (χ4n) is 1.19. The number of nitrogens with two attached hydrogens (primary N) is 1. The van der Waals surface area contributed by atoms with Gasteiger partial charge in [-0.3, -0.25) is 10.1 Å². The Hall–Kier alpha value is -1.22. The first kappa shape index (κ1) is 17.8. The van der Waals surface area contributed by atoms with Crippen LogP contribution in [0, 0.1) is 10.1 Å². The van der Waals surface area contributed by atoms with Gasteiger partial charge in [-0.15, -0.1) is 12.4 Å². The fourth-order valence-corrected chi connectivity index (χ4v) is 2.59. The summed E-state index contributed by atoms with van der Waals surface area (Å²) in [4.78, 5) is 9.66. The van der Waals surface area contributed by atoms with Crippen LogP contribution in [-0.4, -0.2) is 25.4 Å². The summed E-state index contributed by atoms with van der Waals surface area (Å²) >= 11 is 0. The van der Waals surface area contributed by atoms with Gasteiger partial charge < -0.3 is 5.73 Å². The number of nitrogens with one attached hydrogen (secondary N) is 1. The summed E-state index contributed by atoms with van der Waals surface area (Å²) in [5, 5.41) is 10.8. The van der Waals surface area contributed by atoms with E-state index < -0.39 is 26.2 Å². The van der Waals surface area contributed by atoms with Crippen LogP contribution in [0.2, 0.25) is 0 Å². The van der Waals surface area contributed by atoms with Gasteiger partial charge in [0, 0.05) is 18.2 Å². The predicted molar refractivity (Wildman–Crippen MR) is 73.8 cm³/mol. The molecule has 9 heteroatoms. The molecule has 7 nitrogen and oxygen atoms in total. The molecule has 1 aromatic rings. The lowest BCUT2D eigenvalue weighted by Gasteiger charge is -2.18. The molecule has 108 valence electrons. The molecule has 0 aliphatic heterocycles. The number of benzene rings is 1. The van der Waals surface area contributed by atoms with Gasteiger partial charge >= 0.3 is 0 Å². The van der Waals surface area contributed by atoms with Gasteiger partial charge in [0.05, 0.1) is 4.92 Å². The molecular weight excluding hydrogens is 294 g/mol. The Morgan fingerprint density at radius 2 is 1.89 bits per heavy atom. The van der Waals surface area contributed by atoms with E-state index in [9.17, 15) is 18.5 Å². The highest BCUT2D eigenvalue weighted by atomic mass is 35.5. The lowest BCUT2D eigenvalue weighted by molar-refractivity contribution is -0.387. The monoisotopic (exact) mass is 309 g/mol. The van der Waals surface area contributed by atoms with Crippen molar-refractivity contribution in [3.63, 3.8) is 0 Å². The van der Waals surface area contributed by atoms with Gasteiger partial charge in [-0.2, -0.15) is 0 Å². The van der Waals surface area contributed by atoms with E-state index in [0.29, 0.717) is 0 Å². The Balaban J connectivity index is 0.00000324. The zero-order valence-electron chi connectivity index (χ0n) is 10.5. The molecule has 1 aromatic carbocycles. The molecule has 0 atom stereocenters. The lowest BCUT2D eigenvalue weighted by Crippen LogP contribution is -2.45. The number of hydrogen-bond donors (Lipinski definition) is 2. The topological polar surface area (TPSA) is 115 Å². The lowest BCUT2D eigenvalue weighted by atomic mass is 10.1. The Morgan fingerprint density at radius 1 is 1.37 bits per heavy atom. The minimum absolute atomic E-state index is 0. The minimum atomic E-state index is -3.94. The van der Waals surface area contributed by atoms with Crippen LogP contribution in [-0.2, 0) is 10.0 Å². The Labute approximate surface area is 117 Å². The average Bonchev–Trinajstić information content (AvgIpc) is 2.26. The summed E-state index contributed by atoms with van der Waals surface area (Å²) in [6.45, 7) is 3.28. The van der Waals surface area contributed by atoms with Crippen molar-refractivity contribution in [3.8, 4) is 0 Å². The summed E-state index contributed by atoms with van der Waals surface area (Å²) in [6.07, 6.45) is 0. The van der Waals surface area contributed by atoms with Crippen molar-refractivity contribution in [1.82, 2.24) is 4.72 Å². The van der Waals surface area contributed by atoms with Crippen molar-refractivity contribution in [2.45, 2.75) is 24.3 Å². The minimum Gasteiger partial charge on any atom is -0.324 e. The SMILES string of the molecule is CC(C)(N)CNS(=O)(=O)c1ccccc1[N+](=O)[O-].Cl. The van der Waals surface area contributed by atoms with E-state index in [0.717, 1.165) is 6.07 Å². The smallest absolute Gasteiger partial charge is 0.289 e. The molecule has 0 saturated carbocycles. The van der Waals surface area contributed by atoms with Crippen LogP contribution >= 0.6 is 12.4 Å². The molecule has 0 radical (unpaired) electrons. The number of rotatable bonds is 5. The molecule has 0 aromatic heterocycles. The Morgan fingerprint density at radius 3 is 2.37 bits per heavy atom. The van der Waals surface area contributed by atoms with Crippen molar-refractivity contribution in [3.05, 3.63) is 34.4 Å². The van der Waals surface area contributed by atoms with Crippen LogP contribution in [0.1, 0.15) is 13.8 Å². The molecule has 0 saturated heterocycles. The van der Waals surface area contributed by atoms with E-state index >= 15 is 0 Å². The molecule has 19 heavy (non-hydrogen) atoms. The molecule has 3 N–H and O–H groups in total. The van der Waals surface area contributed by atoms with Gasteiger partial charge in [-0.1, -0.05) is 12.1 Å². The molecule has 0 fully saturated rings. The van der Waals surface area contributed by atoms with Crippen LogP contribution in [0.3, 0.4) is 0 Å². The van der Waals surface area contributed by atoms with E-state index in [4.69, 9.17) is 5.73 Å². The highest BCUT2D eigenvalue weighted by molar-refractivity contribution is 7.89. The zero-order valence-corrected chi connectivity index (χ0v) is 12.1. The first-order valence-electron chi connectivity index (χ1n) is 5.15. The number of nitro benzene ring substituents is 1. The van der Waals surface area contributed by atoms with E-state index in [1.165, 1.54) is 18.2 Å². The van der Waals surface area contributed by atoms with Crippen molar-refractivity contribution >= 4 is 28.1 Å². The van der Waals surface area contributed by atoms with Gasteiger partial charge in [0.15, 0.2) is 4.90 Å². The van der Waals surface area contributed by atoms with Gasteiger partial charge in [-0.25, -0.2) is 13.1 Å². The summed E-state index contributed by atoms with van der Waals surface area (Å²) in [7, 11) is -3.94. The second-order valence-electron chi connectivity index (χ2n) is 4.54. The highest BCUT2D eigenvalue weighted by Crippen LogP contribution is 2.22. The van der Waals surface area contributed by atoms with Crippen molar-refractivity contribution in [2.75, 3.05) is 6.54 Å². The van der Waals surface area contributed by atoms with Crippen molar-refractivity contribution in [2.24, 2.45) is 5.73 Å². The normalized spacial score (nSPS) is 11.7. The Bertz CT molecular complexity index is 554. The molecule has 0 unspecified atom stereocenters. The fraction of sp³-hybridized carbons (Fsp3) is 0.400. The van der Waals surface area contributed by atoms with Crippen LogP contribution < -0.4 is 10.5 Å². The van der Waals surface area contributed by atoms with Gasteiger partial charge in [0.2, 0.25) is 10.0 Å². The molecule has 0 aliphatic rings. The average molecular weight is 310 g/mol. The molecule has 0 spiro atoms. The summed E-state index contributed by atoms with van der Waals surface area (Å²) in [6, 6.07) is 5.16. The van der Waals surface area contributed by atoms with Gasteiger partial charge in [0.1, 0.15) is 0 Å². The van der Waals surface area contributed by atoms with Crippen molar-refractivity contribution < 1.29 is 13.3 Å². The van der Waals surface area contributed by atoms with Crippen molar-refractivity contribution in [1.29, 1.82) is 0 Å². The summed E-state index contributed by atoms with van der Waals surface area (Å²) in [5.74, 6) is 0. The third-order valence-electron chi connectivity index (χ3n) is 2.07. The van der Waals surface area contributed by atoms with Crippen LogP contribution in [0.25, 0.3) is 0 Å². The number of para-hydroxylation sites is 1. The first-order valence-corrected chi connectivity index (χ1v) is 6.64. The number of halogens is 1. The Kier molecular flexibility index (Phi) is 5.88. The number of nitro groups is 1. The number of sulfonamides is 1. The largest absolute Gasteiger partial charge is 0.324 e. The predicted octanol–water partition coefficient (Wildman–Crippen LogP) is 1.03. The van der Waals surface area contributed by atoms with E-state index in [-0.39, 0.29) is 23.8 Å². The van der Waals surface area contributed by atoms with Crippen LogP contribution in [0.4, 0.5) is 5.69 Å². The van der Waals surface area contributed by atoms with Gasteiger partial charge in [0.25, 0.3) is 5.69 Å².